The number of tetrazole rings is 1. The Hall–Kier alpha value is -3.56. The van der Waals surface area contributed by atoms with E-state index >= 15 is 0 Å². The van der Waals surface area contributed by atoms with Crippen molar-refractivity contribution in [3.63, 3.8) is 0 Å². The number of aromatic nitrogens is 4. The van der Waals surface area contributed by atoms with E-state index in [1.807, 2.05) is 54.6 Å². The number of thioether (sulfide) groups is 1. The number of nitro benzene ring substituents is 1. The first-order valence-electron chi connectivity index (χ1n) is 10.7. The van der Waals surface area contributed by atoms with Crippen LogP contribution in [0.15, 0.2) is 87.8 Å². The van der Waals surface area contributed by atoms with Crippen LogP contribution in [0, 0.1) is 13.7 Å². The number of hydrogen-bond acceptors (Lipinski definition) is 9. The van der Waals surface area contributed by atoms with Crippen molar-refractivity contribution in [1.29, 1.82) is 0 Å². The predicted molar refractivity (Wildman–Crippen MR) is 147 cm³/mol. The standard InChI is InChI=1S/C24H15IN6O4S2/c25-17-9-6-15(7-10-17)14-29-22(32)21(37-24(29)33)13-16-8-11-20(19(12-16)31(34)35)36-23-26-27-28-30(23)18-4-2-1-3-5-18/h1-13H,14H2/b21-13-. The molecule has 184 valence electrons. The van der Waals surface area contributed by atoms with Crippen LogP contribution < -0.4 is 0 Å². The molecule has 0 bridgehead atoms. The van der Waals surface area contributed by atoms with Gasteiger partial charge in [0.15, 0.2) is 0 Å². The molecular formula is C24H15IN6O4S2. The molecule has 1 aliphatic rings. The van der Waals surface area contributed by atoms with Gasteiger partial charge in [-0.15, -0.1) is 5.10 Å². The van der Waals surface area contributed by atoms with Crippen LogP contribution in [-0.2, 0) is 11.3 Å². The Kier molecular flexibility index (Phi) is 7.34. The van der Waals surface area contributed by atoms with E-state index in [-0.39, 0.29) is 22.4 Å². The number of hydrogen-bond donors (Lipinski definition) is 0. The third-order valence-corrected chi connectivity index (χ3v) is 7.88. The molecule has 0 radical (unpaired) electrons. The van der Waals surface area contributed by atoms with Gasteiger partial charge in [-0.2, -0.15) is 4.68 Å². The zero-order chi connectivity index (χ0) is 25.9. The van der Waals surface area contributed by atoms with E-state index in [1.54, 1.807) is 12.1 Å². The molecule has 0 N–H and O–H groups in total. The third-order valence-electron chi connectivity index (χ3n) is 5.25. The summed E-state index contributed by atoms with van der Waals surface area (Å²) in [7, 11) is 0. The molecule has 4 aromatic rings. The van der Waals surface area contributed by atoms with Gasteiger partial charge in [0.1, 0.15) is 0 Å². The molecule has 1 aliphatic heterocycles. The van der Waals surface area contributed by atoms with Gasteiger partial charge in [-0.25, -0.2) is 0 Å². The summed E-state index contributed by atoms with van der Waals surface area (Å²) in [5.74, 6) is -0.434. The average molecular weight is 642 g/mol. The van der Waals surface area contributed by atoms with Crippen molar-refractivity contribution < 1.29 is 14.5 Å². The van der Waals surface area contributed by atoms with Crippen LogP contribution in [0.5, 0.6) is 0 Å². The second kappa shape index (κ2) is 10.8. The van der Waals surface area contributed by atoms with E-state index in [2.05, 4.69) is 38.1 Å². The van der Waals surface area contributed by atoms with Crippen molar-refractivity contribution in [3.05, 3.63) is 103 Å². The average Bonchev–Trinajstić information content (AvgIpc) is 3.46. The highest BCUT2D eigenvalue weighted by atomic mass is 127. The first-order chi connectivity index (χ1) is 17.9. The molecule has 37 heavy (non-hydrogen) atoms. The molecule has 5 rings (SSSR count). The Morgan fingerprint density at radius 1 is 1.05 bits per heavy atom. The Bertz CT molecular complexity index is 1540. The van der Waals surface area contributed by atoms with E-state index < -0.39 is 10.8 Å². The largest absolute Gasteiger partial charge is 0.293 e. The van der Waals surface area contributed by atoms with E-state index in [9.17, 15) is 19.7 Å². The quantitative estimate of drug-likeness (QED) is 0.110. The zero-order valence-electron chi connectivity index (χ0n) is 18.7. The highest BCUT2D eigenvalue weighted by molar-refractivity contribution is 14.1. The summed E-state index contributed by atoms with van der Waals surface area (Å²) in [6, 6.07) is 21.3. The summed E-state index contributed by atoms with van der Waals surface area (Å²) in [5, 5.41) is 23.5. The first-order valence-corrected chi connectivity index (χ1v) is 13.4. The van der Waals surface area contributed by atoms with Crippen LogP contribution in [0.2, 0.25) is 0 Å². The van der Waals surface area contributed by atoms with Crippen molar-refractivity contribution in [1.82, 2.24) is 25.1 Å². The van der Waals surface area contributed by atoms with Gasteiger partial charge in [0.25, 0.3) is 16.8 Å². The van der Waals surface area contributed by atoms with Gasteiger partial charge < -0.3 is 0 Å². The van der Waals surface area contributed by atoms with Crippen molar-refractivity contribution in [3.8, 4) is 5.69 Å². The number of benzene rings is 3. The van der Waals surface area contributed by atoms with Crippen LogP contribution in [0.4, 0.5) is 10.5 Å². The summed E-state index contributed by atoms with van der Waals surface area (Å²) in [6.45, 7) is 0.158. The third kappa shape index (κ3) is 5.57. The lowest BCUT2D eigenvalue weighted by molar-refractivity contribution is -0.387. The lowest BCUT2D eigenvalue weighted by Gasteiger charge is -2.12. The van der Waals surface area contributed by atoms with E-state index in [0.717, 1.165) is 38.3 Å². The van der Waals surface area contributed by atoms with Gasteiger partial charge in [-0.3, -0.25) is 24.6 Å². The topological polar surface area (TPSA) is 124 Å². The molecule has 1 saturated heterocycles. The summed E-state index contributed by atoms with van der Waals surface area (Å²) >= 11 is 4.05. The number of carbonyl (C=O) groups excluding carboxylic acids is 2. The number of para-hydroxylation sites is 1. The number of amides is 2. The molecule has 1 fully saturated rings. The molecule has 13 heteroatoms. The lowest BCUT2D eigenvalue weighted by atomic mass is 10.1. The van der Waals surface area contributed by atoms with Crippen molar-refractivity contribution in [2.24, 2.45) is 0 Å². The SMILES string of the molecule is O=C1S/C(=C\c2ccc(Sc3nnnn3-c3ccccc3)c([N+](=O)[O-])c2)C(=O)N1Cc1ccc(I)cc1. The second-order valence-corrected chi connectivity index (χ2v) is 10.9. The fraction of sp³-hybridized carbons (Fsp3) is 0.0417. The van der Waals surface area contributed by atoms with Crippen LogP contribution in [-0.4, -0.2) is 41.2 Å². The maximum atomic E-state index is 12.9. The fourth-order valence-corrected chi connectivity index (χ4v) is 5.56. The van der Waals surface area contributed by atoms with Crippen LogP contribution in [0.25, 0.3) is 11.8 Å². The minimum absolute atomic E-state index is 0.158. The van der Waals surface area contributed by atoms with Crippen LogP contribution in [0.3, 0.4) is 0 Å². The normalized spacial score (nSPS) is 14.5. The minimum Gasteiger partial charge on any atom is -0.268 e. The molecule has 3 aromatic carbocycles. The molecule has 0 spiro atoms. The zero-order valence-corrected chi connectivity index (χ0v) is 22.5. The van der Waals surface area contributed by atoms with Gasteiger partial charge in [0.2, 0.25) is 5.16 Å². The Labute approximate surface area is 232 Å². The van der Waals surface area contributed by atoms with Gasteiger partial charge in [-0.1, -0.05) is 36.4 Å². The maximum Gasteiger partial charge on any atom is 0.293 e. The van der Waals surface area contributed by atoms with Gasteiger partial charge in [0, 0.05) is 9.64 Å². The van der Waals surface area contributed by atoms with Gasteiger partial charge in [0.05, 0.1) is 27.0 Å². The van der Waals surface area contributed by atoms with E-state index in [4.69, 9.17) is 0 Å². The summed E-state index contributed by atoms with van der Waals surface area (Å²) in [5.41, 5.74) is 1.81. The molecule has 2 amide bonds. The lowest BCUT2D eigenvalue weighted by Crippen LogP contribution is -2.27. The number of imide groups is 1. The van der Waals surface area contributed by atoms with E-state index in [0.29, 0.717) is 15.6 Å². The maximum absolute atomic E-state index is 12.9. The Balaban J connectivity index is 1.39. The molecule has 0 unspecified atom stereocenters. The highest BCUT2D eigenvalue weighted by Crippen LogP contribution is 2.37. The smallest absolute Gasteiger partial charge is 0.268 e. The van der Waals surface area contributed by atoms with E-state index in [1.165, 1.54) is 21.7 Å². The highest BCUT2D eigenvalue weighted by Gasteiger charge is 2.35. The summed E-state index contributed by atoms with van der Waals surface area (Å²) in [4.78, 5) is 38.5. The number of halogens is 1. The summed E-state index contributed by atoms with van der Waals surface area (Å²) in [6.07, 6.45) is 1.49. The van der Waals surface area contributed by atoms with Crippen molar-refractivity contribution in [2.75, 3.05) is 0 Å². The molecule has 0 atom stereocenters. The van der Waals surface area contributed by atoms with Crippen LogP contribution in [0.1, 0.15) is 11.1 Å². The number of nitro groups is 1. The summed E-state index contributed by atoms with van der Waals surface area (Å²) < 4.78 is 2.54. The fourth-order valence-electron chi connectivity index (χ4n) is 3.49. The number of rotatable bonds is 7. The molecule has 2 heterocycles. The molecule has 0 aliphatic carbocycles. The molecule has 10 nitrogen and oxygen atoms in total. The van der Waals surface area contributed by atoms with Crippen LogP contribution >= 0.6 is 46.1 Å². The van der Waals surface area contributed by atoms with Gasteiger partial charge >= 0.3 is 0 Å². The number of carbonyl (C=O) groups is 2. The minimum atomic E-state index is -0.501. The monoisotopic (exact) mass is 642 g/mol. The Morgan fingerprint density at radius 2 is 1.81 bits per heavy atom. The molecule has 1 aromatic heterocycles. The van der Waals surface area contributed by atoms with Gasteiger partial charge in [-0.05, 0) is 104 Å². The predicted octanol–water partition coefficient (Wildman–Crippen LogP) is 5.56. The molecule has 0 saturated carbocycles. The Morgan fingerprint density at radius 3 is 2.54 bits per heavy atom. The van der Waals surface area contributed by atoms with Crippen molar-refractivity contribution >= 4 is 69.0 Å². The van der Waals surface area contributed by atoms with Crippen molar-refractivity contribution in [2.45, 2.75) is 16.6 Å². The first kappa shape index (κ1) is 25.1. The number of nitrogens with zero attached hydrogens (tertiary/aromatic N) is 6. The second-order valence-electron chi connectivity index (χ2n) is 7.69. The molecular weight excluding hydrogens is 627 g/mol.